The van der Waals surface area contributed by atoms with Gasteiger partial charge >= 0.3 is 0 Å². The lowest BCUT2D eigenvalue weighted by molar-refractivity contribution is 0.978. The number of benzene rings is 1. The molecule has 2 aromatic rings. The number of aryl methyl sites for hydroxylation is 1. The molecule has 0 fully saturated rings. The van der Waals surface area contributed by atoms with Gasteiger partial charge in [-0.15, -0.1) is 0 Å². The molecule has 84 valence electrons. The molecule has 0 aliphatic rings. The predicted octanol–water partition coefficient (Wildman–Crippen LogP) is 3.53. The van der Waals surface area contributed by atoms with Crippen LogP contribution in [0.4, 0.5) is 5.82 Å². The normalized spacial score (nSPS) is 10.7. The van der Waals surface area contributed by atoms with Crippen LogP contribution in [0.25, 0.3) is 11.1 Å². The Balaban J connectivity index is 2.62. The van der Waals surface area contributed by atoms with Gasteiger partial charge in [0.15, 0.2) is 5.82 Å². The Labute approximate surface area is 104 Å². The molecule has 3 N–H and O–H groups in total. The van der Waals surface area contributed by atoms with Crippen molar-refractivity contribution < 1.29 is 0 Å². The molecule has 0 spiro atoms. The van der Waals surface area contributed by atoms with Crippen LogP contribution in [0, 0.1) is 0 Å². The molecule has 0 aliphatic heterocycles. The number of H-pyrrole nitrogens is 1. The van der Waals surface area contributed by atoms with Crippen LogP contribution in [-0.2, 0) is 6.42 Å². The van der Waals surface area contributed by atoms with Crippen molar-refractivity contribution >= 4 is 29.0 Å². The van der Waals surface area contributed by atoms with Gasteiger partial charge in [0.1, 0.15) is 0 Å². The van der Waals surface area contributed by atoms with Crippen molar-refractivity contribution in [2.75, 3.05) is 5.73 Å². The summed E-state index contributed by atoms with van der Waals surface area (Å²) in [5, 5.41) is 8.07. The minimum Gasteiger partial charge on any atom is -0.382 e. The summed E-state index contributed by atoms with van der Waals surface area (Å²) in [5.41, 5.74) is 8.52. The fourth-order valence-corrected chi connectivity index (χ4v) is 2.15. The van der Waals surface area contributed by atoms with Gasteiger partial charge in [-0.05, 0) is 18.6 Å². The van der Waals surface area contributed by atoms with Gasteiger partial charge in [0, 0.05) is 21.8 Å². The van der Waals surface area contributed by atoms with E-state index in [9.17, 15) is 0 Å². The first kappa shape index (κ1) is 11.3. The Hall–Kier alpha value is -1.19. The fourth-order valence-electron chi connectivity index (χ4n) is 1.64. The highest BCUT2D eigenvalue weighted by molar-refractivity contribution is 6.36. The van der Waals surface area contributed by atoms with Crippen LogP contribution in [0.5, 0.6) is 0 Å². The largest absolute Gasteiger partial charge is 0.382 e. The van der Waals surface area contributed by atoms with Crippen LogP contribution < -0.4 is 5.73 Å². The highest BCUT2D eigenvalue weighted by Gasteiger charge is 2.14. The number of nitrogen functional groups attached to an aromatic ring is 1. The number of nitrogens with one attached hydrogen (secondary N) is 1. The number of nitrogens with two attached hydrogens (primary N) is 1. The average molecular weight is 256 g/mol. The molecule has 0 saturated carbocycles. The molecular formula is C11H11Cl2N3. The molecule has 1 aromatic heterocycles. The predicted molar refractivity (Wildman–Crippen MR) is 67.8 cm³/mol. The third-order valence-electron chi connectivity index (χ3n) is 2.42. The van der Waals surface area contributed by atoms with E-state index in [4.69, 9.17) is 28.9 Å². The van der Waals surface area contributed by atoms with Crippen LogP contribution in [0.1, 0.15) is 12.6 Å². The number of hydrogen-bond donors (Lipinski definition) is 2. The van der Waals surface area contributed by atoms with Crippen LogP contribution in [0.3, 0.4) is 0 Å². The first-order valence-corrected chi connectivity index (χ1v) is 5.67. The van der Waals surface area contributed by atoms with Gasteiger partial charge in [-0.2, -0.15) is 5.10 Å². The number of aromatic amines is 1. The molecular weight excluding hydrogens is 245 g/mol. The van der Waals surface area contributed by atoms with E-state index in [1.807, 2.05) is 13.0 Å². The second-order valence-corrected chi connectivity index (χ2v) is 4.28. The van der Waals surface area contributed by atoms with Gasteiger partial charge in [0.2, 0.25) is 0 Å². The van der Waals surface area contributed by atoms with Gasteiger partial charge in [-0.3, -0.25) is 5.10 Å². The number of aromatic nitrogens is 2. The zero-order valence-electron chi connectivity index (χ0n) is 8.72. The van der Waals surface area contributed by atoms with Crippen molar-refractivity contribution in [1.82, 2.24) is 10.2 Å². The first-order valence-electron chi connectivity index (χ1n) is 4.91. The minimum absolute atomic E-state index is 0.459. The summed E-state index contributed by atoms with van der Waals surface area (Å²) in [6.07, 6.45) is 0.818. The number of nitrogens with zero attached hydrogens (tertiary/aromatic N) is 1. The molecule has 0 atom stereocenters. The topological polar surface area (TPSA) is 54.7 Å². The molecule has 0 amide bonds. The van der Waals surface area contributed by atoms with Crippen molar-refractivity contribution in [2.24, 2.45) is 0 Å². The van der Waals surface area contributed by atoms with E-state index in [0.29, 0.717) is 15.9 Å². The molecule has 0 aliphatic carbocycles. The minimum atomic E-state index is 0.459. The maximum absolute atomic E-state index is 6.14. The van der Waals surface area contributed by atoms with Crippen molar-refractivity contribution in [2.45, 2.75) is 13.3 Å². The fraction of sp³-hybridized carbons (Fsp3) is 0.182. The smallest absolute Gasteiger partial charge is 0.153 e. The van der Waals surface area contributed by atoms with Gasteiger partial charge in [-0.25, -0.2) is 0 Å². The lowest BCUT2D eigenvalue weighted by atomic mass is 10.0. The molecule has 16 heavy (non-hydrogen) atoms. The molecule has 0 radical (unpaired) electrons. The molecule has 0 saturated heterocycles. The molecule has 1 heterocycles. The van der Waals surface area contributed by atoms with Crippen molar-refractivity contribution in [1.29, 1.82) is 0 Å². The molecule has 3 nitrogen and oxygen atoms in total. The monoisotopic (exact) mass is 255 g/mol. The van der Waals surface area contributed by atoms with Crippen molar-refractivity contribution in [3.05, 3.63) is 33.9 Å². The summed E-state index contributed by atoms with van der Waals surface area (Å²) in [6, 6.07) is 5.34. The maximum Gasteiger partial charge on any atom is 0.153 e. The number of anilines is 1. The third-order valence-corrected chi connectivity index (χ3v) is 2.97. The van der Waals surface area contributed by atoms with E-state index in [1.165, 1.54) is 0 Å². The van der Waals surface area contributed by atoms with Gasteiger partial charge in [0.25, 0.3) is 0 Å². The standard InChI is InChI=1S/C11H11Cl2N3/c1-2-9-10(11(14)16-15-9)7-4-3-6(12)5-8(7)13/h3-5H,2H2,1H3,(H3,14,15,16). The molecule has 0 bridgehead atoms. The summed E-state index contributed by atoms with van der Waals surface area (Å²) < 4.78 is 0. The van der Waals surface area contributed by atoms with Crippen molar-refractivity contribution in [3.63, 3.8) is 0 Å². The summed E-state index contributed by atoms with van der Waals surface area (Å²) >= 11 is 12.0. The van der Waals surface area contributed by atoms with Crippen LogP contribution in [0.15, 0.2) is 18.2 Å². The van der Waals surface area contributed by atoms with Crippen LogP contribution in [-0.4, -0.2) is 10.2 Å². The second-order valence-electron chi connectivity index (χ2n) is 3.44. The van der Waals surface area contributed by atoms with Gasteiger partial charge < -0.3 is 5.73 Å². The highest BCUT2D eigenvalue weighted by Crippen LogP contribution is 2.35. The molecule has 1 aromatic carbocycles. The number of halogens is 2. The molecule has 0 unspecified atom stereocenters. The Kier molecular flexibility index (Phi) is 3.08. The van der Waals surface area contributed by atoms with Gasteiger partial charge in [-0.1, -0.05) is 36.2 Å². The Morgan fingerprint density at radius 1 is 1.38 bits per heavy atom. The average Bonchev–Trinajstić information content (AvgIpc) is 2.60. The zero-order valence-corrected chi connectivity index (χ0v) is 10.2. The number of hydrogen-bond acceptors (Lipinski definition) is 2. The van der Waals surface area contributed by atoms with Crippen LogP contribution >= 0.6 is 23.2 Å². The quantitative estimate of drug-likeness (QED) is 0.863. The van der Waals surface area contributed by atoms with Crippen molar-refractivity contribution in [3.8, 4) is 11.1 Å². The van der Waals surface area contributed by atoms with E-state index in [1.54, 1.807) is 12.1 Å². The highest BCUT2D eigenvalue weighted by atomic mass is 35.5. The lowest BCUT2D eigenvalue weighted by Crippen LogP contribution is -1.90. The molecule has 2 rings (SSSR count). The summed E-state index contributed by atoms with van der Waals surface area (Å²) in [7, 11) is 0. The Bertz CT molecular complexity index is 520. The second kappa shape index (κ2) is 4.36. The summed E-state index contributed by atoms with van der Waals surface area (Å²) in [6.45, 7) is 2.03. The zero-order chi connectivity index (χ0) is 11.7. The lowest BCUT2D eigenvalue weighted by Gasteiger charge is -2.05. The summed E-state index contributed by atoms with van der Waals surface area (Å²) in [5.74, 6) is 0.459. The Morgan fingerprint density at radius 2 is 2.12 bits per heavy atom. The van der Waals surface area contributed by atoms with Crippen LogP contribution in [0.2, 0.25) is 10.0 Å². The number of rotatable bonds is 2. The Morgan fingerprint density at radius 3 is 2.75 bits per heavy atom. The van der Waals surface area contributed by atoms with E-state index < -0.39 is 0 Å². The van der Waals surface area contributed by atoms with E-state index in [-0.39, 0.29) is 0 Å². The van der Waals surface area contributed by atoms with E-state index in [0.717, 1.165) is 23.2 Å². The van der Waals surface area contributed by atoms with E-state index in [2.05, 4.69) is 10.2 Å². The SMILES string of the molecule is CCc1[nH]nc(N)c1-c1ccc(Cl)cc1Cl. The van der Waals surface area contributed by atoms with E-state index >= 15 is 0 Å². The molecule has 5 heteroatoms. The van der Waals surface area contributed by atoms with Gasteiger partial charge in [0.05, 0.1) is 5.02 Å². The third kappa shape index (κ3) is 1.88. The maximum atomic E-state index is 6.14. The first-order chi connectivity index (χ1) is 7.63. The summed E-state index contributed by atoms with van der Waals surface area (Å²) in [4.78, 5) is 0.